The van der Waals surface area contributed by atoms with Crippen molar-refractivity contribution in [1.82, 2.24) is 0 Å². The summed E-state index contributed by atoms with van der Waals surface area (Å²) in [4.78, 5) is 0. The average molecular weight is 315 g/mol. The van der Waals surface area contributed by atoms with Gasteiger partial charge in [0.1, 0.15) is 0 Å². The quantitative estimate of drug-likeness (QED) is 0.622. The third-order valence-electron chi connectivity index (χ3n) is 4.15. The molecule has 1 saturated carbocycles. The summed E-state index contributed by atoms with van der Waals surface area (Å²) in [6, 6.07) is 17.6. The number of hydrogen-bond acceptors (Lipinski definition) is 0. The predicted octanol–water partition coefficient (Wildman–Crippen LogP) is 6.16. The molecule has 0 heterocycles. The van der Waals surface area contributed by atoms with Crippen LogP contribution in [0.5, 0.6) is 0 Å². The van der Waals surface area contributed by atoms with Crippen LogP contribution in [0.1, 0.15) is 43.6 Å². The van der Waals surface area contributed by atoms with Crippen molar-refractivity contribution >= 4 is 15.9 Å². The molecular formula is C18H19Br. The second-order valence-corrected chi connectivity index (χ2v) is 6.29. The van der Waals surface area contributed by atoms with E-state index in [0.29, 0.717) is 0 Å². The topological polar surface area (TPSA) is 0 Å². The Bertz CT molecular complexity index is 539. The molecule has 2 aromatic carbocycles. The molecular weight excluding hydrogens is 296 g/mol. The van der Waals surface area contributed by atoms with E-state index in [1.807, 2.05) is 0 Å². The van der Waals surface area contributed by atoms with Crippen LogP contribution in [-0.2, 0) is 0 Å². The van der Waals surface area contributed by atoms with Gasteiger partial charge in [-0.05, 0) is 47.6 Å². The van der Waals surface area contributed by atoms with Gasteiger partial charge in [-0.1, -0.05) is 71.6 Å². The predicted molar refractivity (Wildman–Crippen MR) is 85.4 cm³/mol. The third kappa shape index (κ3) is 2.92. The van der Waals surface area contributed by atoms with Gasteiger partial charge in [0.15, 0.2) is 0 Å². The lowest BCUT2D eigenvalue weighted by molar-refractivity contribution is 0.443. The lowest BCUT2D eigenvalue weighted by Crippen LogP contribution is -2.04. The van der Waals surface area contributed by atoms with Crippen molar-refractivity contribution in [1.29, 1.82) is 0 Å². The molecule has 98 valence electrons. The Morgan fingerprint density at radius 3 is 2.32 bits per heavy atom. The first-order chi connectivity index (χ1) is 9.34. The summed E-state index contributed by atoms with van der Waals surface area (Å²) in [5.74, 6) is 0.768. The van der Waals surface area contributed by atoms with E-state index in [4.69, 9.17) is 0 Å². The number of benzene rings is 2. The molecule has 0 nitrogen and oxygen atoms in total. The largest absolute Gasteiger partial charge is 0.0622 e. The van der Waals surface area contributed by atoms with Crippen molar-refractivity contribution in [3.8, 4) is 11.1 Å². The molecule has 0 saturated heterocycles. The lowest BCUT2D eigenvalue weighted by Gasteiger charge is -2.22. The zero-order valence-electron chi connectivity index (χ0n) is 11.1. The minimum atomic E-state index is 0.768. The second kappa shape index (κ2) is 5.92. The first-order valence-corrected chi connectivity index (χ1v) is 7.99. The van der Waals surface area contributed by atoms with Crippen LogP contribution < -0.4 is 0 Å². The van der Waals surface area contributed by atoms with Crippen molar-refractivity contribution in [2.24, 2.45) is 0 Å². The summed E-state index contributed by atoms with van der Waals surface area (Å²) in [5.41, 5.74) is 4.14. The molecule has 2 aromatic rings. The maximum Gasteiger partial charge on any atom is 0.0253 e. The first kappa shape index (κ1) is 12.9. The Kier molecular flexibility index (Phi) is 4.03. The Balaban J connectivity index is 1.96. The van der Waals surface area contributed by atoms with Gasteiger partial charge in [0, 0.05) is 4.47 Å². The Morgan fingerprint density at radius 1 is 0.842 bits per heavy atom. The molecule has 0 radical (unpaired) electrons. The second-order valence-electron chi connectivity index (χ2n) is 5.44. The van der Waals surface area contributed by atoms with Gasteiger partial charge in [0.25, 0.3) is 0 Å². The van der Waals surface area contributed by atoms with E-state index in [2.05, 4.69) is 64.5 Å². The highest BCUT2D eigenvalue weighted by Gasteiger charge is 2.16. The number of rotatable bonds is 2. The standard InChI is InChI=1S/C18H19Br/c19-18-12-11-16(14-7-3-1-4-8-14)13-17(18)15-9-5-2-6-10-15/h2,5-6,9-14H,1,3-4,7-8H2. The maximum absolute atomic E-state index is 3.69. The molecule has 0 bridgehead atoms. The van der Waals surface area contributed by atoms with E-state index in [0.717, 1.165) is 5.92 Å². The third-order valence-corrected chi connectivity index (χ3v) is 4.84. The van der Waals surface area contributed by atoms with Gasteiger partial charge < -0.3 is 0 Å². The highest BCUT2D eigenvalue weighted by Crippen LogP contribution is 2.36. The van der Waals surface area contributed by atoms with Gasteiger partial charge in [-0.2, -0.15) is 0 Å². The summed E-state index contributed by atoms with van der Waals surface area (Å²) in [5, 5.41) is 0. The molecule has 0 N–H and O–H groups in total. The van der Waals surface area contributed by atoms with Crippen LogP contribution >= 0.6 is 15.9 Å². The SMILES string of the molecule is Brc1ccc(C2CCCCC2)cc1-c1ccccc1. The molecule has 3 rings (SSSR count). The van der Waals surface area contributed by atoms with Gasteiger partial charge in [-0.15, -0.1) is 0 Å². The van der Waals surface area contributed by atoms with Gasteiger partial charge in [-0.25, -0.2) is 0 Å². The van der Waals surface area contributed by atoms with E-state index in [-0.39, 0.29) is 0 Å². The summed E-state index contributed by atoms with van der Waals surface area (Å²) >= 11 is 3.69. The molecule has 0 amide bonds. The van der Waals surface area contributed by atoms with E-state index < -0.39 is 0 Å². The molecule has 1 fully saturated rings. The fraction of sp³-hybridized carbons (Fsp3) is 0.333. The number of hydrogen-bond donors (Lipinski definition) is 0. The molecule has 1 aliphatic rings. The Labute approximate surface area is 124 Å². The summed E-state index contributed by atoms with van der Waals surface area (Å²) in [7, 11) is 0. The molecule has 0 unspecified atom stereocenters. The minimum Gasteiger partial charge on any atom is -0.0622 e. The summed E-state index contributed by atoms with van der Waals surface area (Å²) < 4.78 is 1.19. The number of halogens is 1. The Morgan fingerprint density at radius 2 is 1.58 bits per heavy atom. The lowest BCUT2D eigenvalue weighted by atomic mass is 9.83. The van der Waals surface area contributed by atoms with E-state index in [1.54, 1.807) is 0 Å². The van der Waals surface area contributed by atoms with Crippen LogP contribution in [0.2, 0.25) is 0 Å². The molecule has 19 heavy (non-hydrogen) atoms. The van der Waals surface area contributed by atoms with E-state index >= 15 is 0 Å². The van der Waals surface area contributed by atoms with Crippen molar-refractivity contribution < 1.29 is 0 Å². The van der Waals surface area contributed by atoms with Gasteiger partial charge in [0.05, 0.1) is 0 Å². The highest BCUT2D eigenvalue weighted by molar-refractivity contribution is 9.10. The average Bonchev–Trinajstić information content (AvgIpc) is 2.49. The van der Waals surface area contributed by atoms with Crippen LogP contribution in [0.3, 0.4) is 0 Å². The normalized spacial score (nSPS) is 16.5. The fourth-order valence-corrected chi connectivity index (χ4v) is 3.55. The van der Waals surface area contributed by atoms with Gasteiger partial charge >= 0.3 is 0 Å². The van der Waals surface area contributed by atoms with Crippen molar-refractivity contribution in [2.75, 3.05) is 0 Å². The summed E-state index contributed by atoms with van der Waals surface area (Å²) in [6.45, 7) is 0. The van der Waals surface area contributed by atoms with Crippen LogP contribution in [0.15, 0.2) is 53.0 Å². The van der Waals surface area contributed by atoms with Crippen molar-refractivity contribution in [3.63, 3.8) is 0 Å². The van der Waals surface area contributed by atoms with Gasteiger partial charge in [0.2, 0.25) is 0 Å². The molecule has 0 atom stereocenters. The van der Waals surface area contributed by atoms with Crippen LogP contribution in [0, 0.1) is 0 Å². The Hall–Kier alpha value is -1.08. The van der Waals surface area contributed by atoms with Crippen LogP contribution in [-0.4, -0.2) is 0 Å². The van der Waals surface area contributed by atoms with Gasteiger partial charge in [-0.3, -0.25) is 0 Å². The van der Waals surface area contributed by atoms with Crippen LogP contribution in [0.4, 0.5) is 0 Å². The maximum atomic E-state index is 3.69. The minimum absolute atomic E-state index is 0.768. The first-order valence-electron chi connectivity index (χ1n) is 7.19. The van der Waals surface area contributed by atoms with E-state index in [9.17, 15) is 0 Å². The molecule has 0 spiro atoms. The molecule has 1 heteroatoms. The smallest absolute Gasteiger partial charge is 0.0253 e. The molecule has 0 aromatic heterocycles. The molecule has 1 aliphatic carbocycles. The summed E-state index contributed by atoms with van der Waals surface area (Å²) in [6.07, 6.45) is 6.91. The monoisotopic (exact) mass is 314 g/mol. The zero-order chi connectivity index (χ0) is 13.1. The van der Waals surface area contributed by atoms with E-state index in [1.165, 1.54) is 53.3 Å². The van der Waals surface area contributed by atoms with Crippen LogP contribution in [0.25, 0.3) is 11.1 Å². The fourth-order valence-electron chi connectivity index (χ4n) is 3.07. The highest BCUT2D eigenvalue weighted by atomic mass is 79.9. The molecule has 0 aliphatic heterocycles. The van der Waals surface area contributed by atoms with Crippen molar-refractivity contribution in [3.05, 3.63) is 58.6 Å². The van der Waals surface area contributed by atoms with Crippen molar-refractivity contribution in [2.45, 2.75) is 38.0 Å². The zero-order valence-corrected chi connectivity index (χ0v) is 12.7.